The molecule has 40 heavy (non-hydrogen) atoms. The first kappa shape index (κ1) is 27.7. The Hall–Kier alpha value is -3.81. The number of imidazole rings is 1. The third kappa shape index (κ3) is 6.32. The summed E-state index contributed by atoms with van der Waals surface area (Å²) >= 11 is 3.35. The number of aromatic nitrogens is 6. The Balaban J connectivity index is 1.31. The van der Waals surface area contributed by atoms with Crippen molar-refractivity contribution in [1.29, 1.82) is 0 Å². The van der Waals surface area contributed by atoms with E-state index in [1.807, 2.05) is 12.1 Å². The Morgan fingerprint density at radius 3 is 2.65 bits per heavy atom. The van der Waals surface area contributed by atoms with Crippen LogP contribution in [0, 0.1) is 5.92 Å². The van der Waals surface area contributed by atoms with Crippen LogP contribution in [-0.2, 0) is 28.7 Å². The van der Waals surface area contributed by atoms with Crippen molar-refractivity contribution in [1.82, 2.24) is 39.8 Å². The van der Waals surface area contributed by atoms with Gasteiger partial charge < -0.3 is 10.6 Å². The molecule has 0 saturated heterocycles. The molecule has 0 unspecified atom stereocenters. The van der Waals surface area contributed by atoms with Crippen LogP contribution in [0.5, 0.6) is 0 Å². The van der Waals surface area contributed by atoms with Crippen molar-refractivity contribution in [3.8, 4) is 0 Å². The van der Waals surface area contributed by atoms with Crippen LogP contribution in [0.15, 0.2) is 59.9 Å². The summed E-state index contributed by atoms with van der Waals surface area (Å²) in [5.74, 6) is -0.687. The first-order valence-electron chi connectivity index (χ1n) is 12.5. The van der Waals surface area contributed by atoms with Crippen LogP contribution in [0.3, 0.4) is 0 Å². The van der Waals surface area contributed by atoms with Gasteiger partial charge in [0.15, 0.2) is 0 Å². The van der Waals surface area contributed by atoms with Gasteiger partial charge in [0.2, 0.25) is 17.6 Å². The number of fused-ring (bicyclic) bond motifs is 1. The van der Waals surface area contributed by atoms with Crippen LogP contribution in [0.4, 0.5) is 13.2 Å². The van der Waals surface area contributed by atoms with Gasteiger partial charge in [-0.3, -0.25) is 23.7 Å². The van der Waals surface area contributed by atoms with Crippen LogP contribution in [0.2, 0.25) is 0 Å². The van der Waals surface area contributed by atoms with Gasteiger partial charge >= 0.3 is 6.18 Å². The number of nitrogens with one attached hydrogen (secondary N) is 2. The average molecular weight is 619 g/mol. The highest BCUT2D eigenvalue weighted by molar-refractivity contribution is 9.10. The second-order valence-corrected chi connectivity index (χ2v) is 11.4. The van der Waals surface area contributed by atoms with Crippen LogP contribution in [-0.4, -0.2) is 52.5 Å². The number of amides is 2. The number of alkyl halides is 3. The van der Waals surface area contributed by atoms with Crippen LogP contribution in [0.25, 0.3) is 5.78 Å². The minimum Gasteiger partial charge on any atom is -0.348 e. The molecule has 3 atom stereocenters. The summed E-state index contributed by atoms with van der Waals surface area (Å²) < 4.78 is 42.7. The van der Waals surface area contributed by atoms with Crippen molar-refractivity contribution in [2.45, 2.75) is 56.9 Å². The van der Waals surface area contributed by atoms with Crippen LogP contribution >= 0.6 is 15.9 Å². The lowest BCUT2D eigenvalue weighted by Gasteiger charge is -2.29. The molecule has 2 N–H and O–H groups in total. The normalized spacial score (nSPS) is 17.9. The van der Waals surface area contributed by atoms with Gasteiger partial charge in [0.25, 0.3) is 0 Å². The maximum atomic E-state index is 13.5. The van der Waals surface area contributed by atoms with Gasteiger partial charge in [-0.25, -0.2) is 9.97 Å². The second-order valence-electron chi connectivity index (χ2n) is 10.5. The van der Waals surface area contributed by atoms with E-state index in [9.17, 15) is 22.8 Å². The largest absolute Gasteiger partial charge is 0.419 e. The lowest BCUT2D eigenvalue weighted by molar-refractivity contribution is -0.137. The minimum atomic E-state index is -4.52. The lowest BCUT2D eigenvalue weighted by Crippen LogP contribution is -2.55. The smallest absolute Gasteiger partial charge is 0.348 e. The number of halogens is 4. The fraction of sp³-hybridized carbons (Fsp3) is 0.385. The molecule has 0 radical (unpaired) electrons. The quantitative estimate of drug-likeness (QED) is 0.296. The van der Waals surface area contributed by atoms with E-state index in [4.69, 9.17) is 0 Å². The number of nitrogens with zero attached hydrogens (tertiary/aromatic N) is 6. The standard InChI is InChI=1S/C26H26BrF3N8O2/c1-25(2,14-37-13-15(10-34-37)26(28,29)30)36-23(40)21(8-17-12-33-24-31-6-3-7-38(17)24)35-22(39)19-9-18(19)20-5-4-16(27)11-32-20/h3-7,10-13,18-19,21H,8-9,14H2,1-2H3,(H,35,39)(H,36,40)/t18-,19-,21-/m1/s1. The molecule has 10 nitrogen and oxygen atoms in total. The van der Waals surface area contributed by atoms with Gasteiger partial charge in [0, 0.05) is 58.9 Å². The van der Waals surface area contributed by atoms with E-state index < -0.39 is 29.2 Å². The molecule has 1 fully saturated rings. The van der Waals surface area contributed by atoms with E-state index in [1.54, 1.807) is 49.1 Å². The van der Waals surface area contributed by atoms with E-state index >= 15 is 0 Å². The molecule has 1 aliphatic carbocycles. The Labute approximate surface area is 235 Å². The SMILES string of the molecule is CC(C)(Cn1cc(C(F)(F)F)cn1)NC(=O)[C@@H](Cc1cnc2ncccn12)NC(=O)[C@@H]1C[C@H]1c1ccc(Br)cn1. The van der Waals surface area contributed by atoms with Gasteiger partial charge in [-0.05, 0) is 54.4 Å². The van der Waals surface area contributed by atoms with Crippen molar-refractivity contribution >= 4 is 33.5 Å². The third-order valence-electron chi connectivity index (χ3n) is 6.65. The van der Waals surface area contributed by atoms with Crippen LogP contribution < -0.4 is 10.6 Å². The van der Waals surface area contributed by atoms with E-state index in [1.165, 1.54) is 0 Å². The topological polar surface area (TPSA) is 119 Å². The number of rotatable bonds is 9. The molecule has 0 aliphatic heterocycles. The molecule has 14 heteroatoms. The highest BCUT2D eigenvalue weighted by Gasteiger charge is 2.46. The molecule has 2 amide bonds. The molecule has 4 heterocycles. The molecular formula is C26H26BrF3N8O2. The summed E-state index contributed by atoms with van der Waals surface area (Å²) in [5.41, 5.74) is -0.402. The fourth-order valence-electron chi connectivity index (χ4n) is 4.61. The number of hydrogen-bond acceptors (Lipinski definition) is 6. The Morgan fingerprint density at radius 2 is 1.95 bits per heavy atom. The van der Waals surface area contributed by atoms with Gasteiger partial charge in [-0.2, -0.15) is 18.3 Å². The van der Waals surface area contributed by atoms with Gasteiger partial charge in [-0.1, -0.05) is 0 Å². The zero-order chi connectivity index (χ0) is 28.7. The van der Waals surface area contributed by atoms with Gasteiger partial charge in [0.1, 0.15) is 6.04 Å². The lowest BCUT2D eigenvalue weighted by atomic mass is 10.0. The van der Waals surface area contributed by atoms with Gasteiger partial charge in [-0.15, -0.1) is 0 Å². The van der Waals surface area contributed by atoms with Crippen molar-refractivity contribution in [2.75, 3.05) is 0 Å². The number of carbonyl (C=O) groups is 2. The first-order valence-corrected chi connectivity index (χ1v) is 13.3. The maximum absolute atomic E-state index is 13.5. The molecule has 0 spiro atoms. The molecule has 5 rings (SSSR count). The number of carbonyl (C=O) groups excluding carboxylic acids is 2. The highest BCUT2D eigenvalue weighted by atomic mass is 79.9. The first-order chi connectivity index (χ1) is 18.9. The van der Waals surface area contributed by atoms with Crippen molar-refractivity contribution in [2.24, 2.45) is 5.92 Å². The Kier molecular flexibility index (Phi) is 7.38. The summed E-state index contributed by atoms with van der Waals surface area (Å²) in [6, 6.07) is 4.48. The monoisotopic (exact) mass is 618 g/mol. The number of pyridine rings is 1. The molecule has 4 aromatic rings. The summed E-state index contributed by atoms with van der Waals surface area (Å²) in [6.07, 6.45) is 4.48. The number of hydrogen-bond donors (Lipinski definition) is 2. The zero-order valence-electron chi connectivity index (χ0n) is 21.6. The van der Waals surface area contributed by atoms with E-state index in [-0.39, 0.29) is 30.7 Å². The van der Waals surface area contributed by atoms with E-state index in [0.717, 1.165) is 27.2 Å². The summed E-state index contributed by atoms with van der Waals surface area (Å²) in [6.45, 7) is 3.33. The molecule has 1 saturated carbocycles. The molecule has 210 valence electrons. The molecule has 0 aromatic carbocycles. The van der Waals surface area contributed by atoms with Gasteiger partial charge in [0.05, 0.1) is 30.0 Å². The summed E-state index contributed by atoms with van der Waals surface area (Å²) in [4.78, 5) is 39.6. The third-order valence-corrected chi connectivity index (χ3v) is 7.12. The Morgan fingerprint density at radius 1 is 1.15 bits per heavy atom. The zero-order valence-corrected chi connectivity index (χ0v) is 23.1. The summed E-state index contributed by atoms with van der Waals surface area (Å²) in [7, 11) is 0. The van der Waals surface area contributed by atoms with E-state index in [0.29, 0.717) is 17.9 Å². The highest BCUT2D eigenvalue weighted by Crippen LogP contribution is 2.47. The second kappa shape index (κ2) is 10.6. The van der Waals surface area contributed by atoms with Crippen molar-refractivity contribution < 1.29 is 22.8 Å². The molecule has 0 bridgehead atoms. The molecule has 1 aliphatic rings. The predicted molar refractivity (Wildman–Crippen MR) is 141 cm³/mol. The minimum absolute atomic E-state index is 0.0189. The average Bonchev–Trinajstić information content (AvgIpc) is 3.37. The van der Waals surface area contributed by atoms with Crippen molar-refractivity contribution in [3.05, 3.63) is 76.8 Å². The maximum Gasteiger partial charge on any atom is 0.419 e. The van der Waals surface area contributed by atoms with E-state index in [2.05, 4.69) is 46.6 Å². The Bertz CT molecular complexity index is 1530. The predicted octanol–water partition coefficient (Wildman–Crippen LogP) is 3.53. The molecule has 4 aromatic heterocycles. The van der Waals surface area contributed by atoms with Crippen molar-refractivity contribution in [3.63, 3.8) is 0 Å². The summed E-state index contributed by atoms with van der Waals surface area (Å²) in [5, 5.41) is 9.54. The fourth-order valence-corrected chi connectivity index (χ4v) is 4.84. The van der Waals surface area contributed by atoms with Crippen LogP contribution in [0.1, 0.15) is 43.1 Å². The molecular weight excluding hydrogens is 593 g/mol.